The lowest BCUT2D eigenvalue weighted by molar-refractivity contribution is 0.169. The van der Waals surface area contributed by atoms with E-state index in [9.17, 15) is 0 Å². The monoisotopic (exact) mass is 251 g/mol. The zero-order valence-corrected chi connectivity index (χ0v) is 11.8. The fourth-order valence-corrected chi connectivity index (χ4v) is 3.23. The summed E-state index contributed by atoms with van der Waals surface area (Å²) in [6.07, 6.45) is 0.532. The third kappa shape index (κ3) is 3.29. The molecule has 94 valence electrons. The van der Waals surface area contributed by atoms with E-state index in [1.54, 1.807) is 11.3 Å². The van der Waals surface area contributed by atoms with Crippen LogP contribution >= 0.6 is 11.3 Å². The lowest BCUT2D eigenvalue weighted by Crippen LogP contribution is -2.41. The maximum absolute atomic E-state index is 8.79. The van der Waals surface area contributed by atoms with Gasteiger partial charge >= 0.3 is 0 Å². The zero-order valence-electron chi connectivity index (χ0n) is 11.0. The minimum Gasteiger partial charge on any atom is -0.326 e. The Kier molecular flexibility index (Phi) is 5.13. The van der Waals surface area contributed by atoms with Gasteiger partial charge in [-0.1, -0.05) is 0 Å². The van der Waals surface area contributed by atoms with Gasteiger partial charge in [0.1, 0.15) is 0 Å². The summed E-state index contributed by atoms with van der Waals surface area (Å²) in [6, 6.07) is 4.81. The minimum absolute atomic E-state index is 0.0542. The Morgan fingerprint density at radius 2 is 2.18 bits per heavy atom. The topological polar surface area (TPSA) is 53.0 Å². The highest BCUT2D eigenvalue weighted by Crippen LogP contribution is 2.31. The van der Waals surface area contributed by atoms with E-state index in [1.165, 1.54) is 10.4 Å². The van der Waals surface area contributed by atoms with Crippen molar-refractivity contribution in [3.63, 3.8) is 0 Å². The van der Waals surface area contributed by atoms with Crippen molar-refractivity contribution in [1.82, 2.24) is 4.90 Å². The number of hydrogen-bond donors (Lipinski definition) is 1. The van der Waals surface area contributed by atoms with E-state index in [1.807, 2.05) is 6.92 Å². The second kappa shape index (κ2) is 6.15. The molecule has 4 heteroatoms. The van der Waals surface area contributed by atoms with Crippen LogP contribution in [0.15, 0.2) is 11.4 Å². The van der Waals surface area contributed by atoms with Crippen molar-refractivity contribution in [2.45, 2.75) is 45.3 Å². The fraction of sp³-hybridized carbons (Fsp3) is 0.615. The smallest absolute Gasteiger partial charge is 0.0638 e. The summed E-state index contributed by atoms with van der Waals surface area (Å²) in [5.74, 6) is 0. The highest BCUT2D eigenvalue weighted by molar-refractivity contribution is 7.10. The van der Waals surface area contributed by atoms with Gasteiger partial charge in [0.2, 0.25) is 0 Å². The van der Waals surface area contributed by atoms with Gasteiger partial charge in [-0.25, -0.2) is 0 Å². The van der Waals surface area contributed by atoms with Crippen LogP contribution in [0.4, 0.5) is 0 Å². The molecule has 0 saturated carbocycles. The molecule has 1 rings (SSSR count). The standard InChI is InChI=1S/C13H21N3S/c1-9-6-8-17-13(9)12(11(3)15)16(4)10(2)5-7-14/h6,8,10-12H,5,15H2,1-4H3. The Bertz CT molecular complexity index is 392. The van der Waals surface area contributed by atoms with Crippen LogP contribution in [0.2, 0.25) is 0 Å². The quantitative estimate of drug-likeness (QED) is 0.875. The molecule has 17 heavy (non-hydrogen) atoms. The predicted molar refractivity (Wildman–Crippen MR) is 72.9 cm³/mol. The van der Waals surface area contributed by atoms with Gasteiger partial charge in [-0.2, -0.15) is 5.26 Å². The molecule has 3 unspecified atom stereocenters. The van der Waals surface area contributed by atoms with Gasteiger partial charge in [0.15, 0.2) is 0 Å². The summed E-state index contributed by atoms with van der Waals surface area (Å²) in [7, 11) is 2.05. The SMILES string of the molecule is Cc1ccsc1C(C(C)N)N(C)C(C)CC#N. The second-order valence-electron chi connectivity index (χ2n) is 4.65. The molecule has 0 saturated heterocycles. The molecule has 1 aromatic heterocycles. The Morgan fingerprint density at radius 1 is 1.53 bits per heavy atom. The average Bonchev–Trinajstić information content (AvgIpc) is 2.65. The molecule has 1 aromatic rings. The van der Waals surface area contributed by atoms with Crippen LogP contribution in [0.1, 0.15) is 36.8 Å². The van der Waals surface area contributed by atoms with Crippen LogP contribution in [-0.2, 0) is 0 Å². The molecular formula is C13H21N3S. The summed E-state index contributed by atoms with van der Waals surface area (Å²) in [5.41, 5.74) is 7.40. The van der Waals surface area contributed by atoms with Crippen molar-refractivity contribution < 1.29 is 0 Å². The fourth-order valence-electron chi connectivity index (χ4n) is 2.03. The Morgan fingerprint density at radius 3 is 2.59 bits per heavy atom. The van der Waals surface area contributed by atoms with E-state index in [0.29, 0.717) is 6.42 Å². The number of aryl methyl sites for hydroxylation is 1. The van der Waals surface area contributed by atoms with Crippen molar-refractivity contribution in [2.75, 3.05) is 7.05 Å². The minimum atomic E-state index is 0.0542. The molecule has 0 aliphatic heterocycles. The van der Waals surface area contributed by atoms with Crippen LogP contribution in [0.3, 0.4) is 0 Å². The van der Waals surface area contributed by atoms with E-state index in [-0.39, 0.29) is 18.1 Å². The summed E-state index contributed by atoms with van der Waals surface area (Å²) in [6.45, 7) is 6.21. The Hall–Kier alpha value is -0.890. The third-order valence-corrected chi connectivity index (χ3v) is 4.28. The largest absolute Gasteiger partial charge is 0.326 e. The van der Waals surface area contributed by atoms with Gasteiger partial charge in [-0.15, -0.1) is 11.3 Å². The number of hydrogen-bond acceptors (Lipinski definition) is 4. The Labute approximate surface area is 108 Å². The van der Waals surface area contributed by atoms with Crippen LogP contribution < -0.4 is 5.73 Å². The molecule has 0 aromatic carbocycles. The lowest BCUT2D eigenvalue weighted by Gasteiger charge is -2.34. The second-order valence-corrected chi connectivity index (χ2v) is 5.60. The van der Waals surface area contributed by atoms with Gasteiger partial charge in [0.05, 0.1) is 18.5 Å². The van der Waals surface area contributed by atoms with E-state index in [4.69, 9.17) is 11.0 Å². The summed E-state index contributed by atoms with van der Waals surface area (Å²) in [4.78, 5) is 3.53. The summed E-state index contributed by atoms with van der Waals surface area (Å²) >= 11 is 1.75. The molecular weight excluding hydrogens is 230 g/mol. The van der Waals surface area contributed by atoms with Crippen molar-refractivity contribution >= 4 is 11.3 Å². The van der Waals surface area contributed by atoms with Crippen molar-refractivity contribution in [2.24, 2.45) is 5.73 Å². The number of nitrogens with zero attached hydrogens (tertiary/aromatic N) is 2. The highest BCUT2D eigenvalue weighted by atomic mass is 32.1. The number of nitrogens with two attached hydrogens (primary N) is 1. The maximum atomic E-state index is 8.79. The molecule has 0 radical (unpaired) electrons. The van der Waals surface area contributed by atoms with E-state index < -0.39 is 0 Å². The Balaban J connectivity index is 2.95. The molecule has 1 heterocycles. The predicted octanol–water partition coefficient (Wildman–Crippen LogP) is 2.68. The molecule has 3 nitrogen and oxygen atoms in total. The average molecular weight is 251 g/mol. The van der Waals surface area contributed by atoms with Crippen LogP contribution in [0, 0.1) is 18.3 Å². The van der Waals surface area contributed by atoms with Gasteiger partial charge < -0.3 is 5.73 Å². The molecule has 0 aliphatic rings. The van der Waals surface area contributed by atoms with Gasteiger partial charge in [0.25, 0.3) is 0 Å². The van der Waals surface area contributed by atoms with Gasteiger partial charge in [-0.3, -0.25) is 4.90 Å². The molecule has 0 bridgehead atoms. The first-order valence-electron chi connectivity index (χ1n) is 5.87. The molecule has 0 fully saturated rings. The first kappa shape index (κ1) is 14.2. The van der Waals surface area contributed by atoms with Crippen LogP contribution in [0.25, 0.3) is 0 Å². The number of rotatable bonds is 5. The van der Waals surface area contributed by atoms with E-state index in [0.717, 1.165) is 0 Å². The van der Waals surface area contributed by atoms with E-state index in [2.05, 4.69) is 43.3 Å². The zero-order chi connectivity index (χ0) is 13.0. The first-order chi connectivity index (χ1) is 7.99. The highest BCUT2D eigenvalue weighted by Gasteiger charge is 2.26. The summed E-state index contributed by atoms with van der Waals surface area (Å²) < 4.78 is 0. The number of nitriles is 1. The van der Waals surface area contributed by atoms with Crippen LogP contribution in [-0.4, -0.2) is 24.0 Å². The van der Waals surface area contributed by atoms with Crippen molar-refractivity contribution in [3.05, 3.63) is 21.9 Å². The van der Waals surface area contributed by atoms with Gasteiger partial charge in [0, 0.05) is 17.0 Å². The molecule has 0 aliphatic carbocycles. The molecule has 0 spiro atoms. The first-order valence-corrected chi connectivity index (χ1v) is 6.75. The van der Waals surface area contributed by atoms with Gasteiger partial charge in [-0.05, 0) is 44.8 Å². The van der Waals surface area contributed by atoms with Crippen molar-refractivity contribution in [3.8, 4) is 6.07 Å². The van der Waals surface area contributed by atoms with Crippen LogP contribution in [0.5, 0.6) is 0 Å². The number of likely N-dealkylation sites (N-methyl/N-ethyl adjacent to an activating group) is 1. The lowest BCUT2D eigenvalue weighted by atomic mass is 10.0. The molecule has 3 atom stereocenters. The summed E-state index contributed by atoms with van der Waals surface area (Å²) in [5, 5.41) is 10.9. The molecule has 2 N–H and O–H groups in total. The maximum Gasteiger partial charge on any atom is 0.0638 e. The van der Waals surface area contributed by atoms with Crippen molar-refractivity contribution in [1.29, 1.82) is 5.26 Å². The molecule has 0 amide bonds. The number of thiophene rings is 1. The van der Waals surface area contributed by atoms with E-state index >= 15 is 0 Å². The normalized spacial score (nSPS) is 16.5. The third-order valence-electron chi connectivity index (χ3n) is 3.19.